The third-order valence-corrected chi connectivity index (χ3v) is 4.04. The van der Waals surface area contributed by atoms with Crippen molar-refractivity contribution in [2.45, 2.75) is 4.90 Å². The molecule has 21 heavy (non-hydrogen) atoms. The summed E-state index contributed by atoms with van der Waals surface area (Å²) < 4.78 is 26.8. The van der Waals surface area contributed by atoms with Crippen LogP contribution < -0.4 is 21.9 Å². The second kappa shape index (κ2) is 5.33. The van der Waals surface area contributed by atoms with Crippen LogP contribution in [0.1, 0.15) is 10.4 Å². The quantitative estimate of drug-likeness (QED) is 0.617. The van der Waals surface area contributed by atoms with Crippen LogP contribution in [0, 0.1) is 0 Å². The number of anilines is 3. The molecule has 0 saturated carbocycles. The van der Waals surface area contributed by atoms with Gasteiger partial charge in [0.05, 0.1) is 4.90 Å². The Morgan fingerprint density at radius 3 is 1.95 bits per heavy atom. The van der Waals surface area contributed by atoms with Gasteiger partial charge in [0.1, 0.15) is 0 Å². The zero-order valence-electron chi connectivity index (χ0n) is 10.9. The lowest BCUT2D eigenvalue weighted by molar-refractivity contribution is 0.100. The molecule has 0 saturated heterocycles. The van der Waals surface area contributed by atoms with Gasteiger partial charge in [0.2, 0.25) is 5.91 Å². The molecular formula is C13H14N4O3S. The van der Waals surface area contributed by atoms with Crippen LogP contribution in [0.2, 0.25) is 0 Å². The Kier molecular flexibility index (Phi) is 3.72. The second-order valence-corrected chi connectivity index (χ2v) is 6.06. The van der Waals surface area contributed by atoms with Crippen molar-refractivity contribution in [3.63, 3.8) is 0 Å². The van der Waals surface area contributed by atoms with E-state index in [0.717, 1.165) is 0 Å². The molecule has 110 valence electrons. The molecule has 0 unspecified atom stereocenters. The van der Waals surface area contributed by atoms with Crippen molar-refractivity contribution in [1.82, 2.24) is 0 Å². The average Bonchev–Trinajstić information content (AvgIpc) is 2.37. The lowest BCUT2D eigenvalue weighted by Crippen LogP contribution is -2.14. The maximum absolute atomic E-state index is 12.2. The molecule has 0 spiro atoms. The number of nitrogens with one attached hydrogen (secondary N) is 1. The summed E-state index contributed by atoms with van der Waals surface area (Å²) in [4.78, 5) is 10.9. The predicted octanol–water partition coefficient (Wildman–Crippen LogP) is 0.751. The first-order valence-corrected chi connectivity index (χ1v) is 7.35. The van der Waals surface area contributed by atoms with Crippen LogP contribution in [0.15, 0.2) is 47.4 Å². The van der Waals surface area contributed by atoms with E-state index in [1.165, 1.54) is 42.5 Å². The van der Waals surface area contributed by atoms with E-state index in [4.69, 9.17) is 17.2 Å². The third kappa shape index (κ3) is 3.42. The zero-order chi connectivity index (χ0) is 15.6. The molecule has 0 aliphatic heterocycles. The van der Waals surface area contributed by atoms with Crippen LogP contribution in [0.4, 0.5) is 17.1 Å². The van der Waals surface area contributed by atoms with Crippen molar-refractivity contribution in [2.24, 2.45) is 5.73 Å². The number of primary amides is 1. The topological polar surface area (TPSA) is 141 Å². The van der Waals surface area contributed by atoms with Gasteiger partial charge in [0.25, 0.3) is 10.0 Å². The number of rotatable bonds is 4. The molecule has 0 radical (unpaired) electrons. The summed E-state index contributed by atoms with van der Waals surface area (Å²) in [5.41, 5.74) is 17.3. The van der Waals surface area contributed by atoms with Crippen LogP contribution in [0.3, 0.4) is 0 Å². The van der Waals surface area contributed by atoms with Gasteiger partial charge in [-0.3, -0.25) is 9.52 Å². The zero-order valence-corrected chi connectivity index (χ0v) is 11.7. The highest BCUT2D eigenvalue weighted by molar-refractivity contribution is 7.92. The summed E-state index contributed by atoms with van der Waals surface area (Å²) in [6.07, 6.45) is 0. The average molecular weight is 306 g/mol. The van der Waals surface area contributed by atoms with Gasteiger partial charge in [0.15, 0.2) is 0 Å². The lowest BCUT2D eigenvalue weighted by Gasteiger charge is -2.09. The van der Waals surface area contributed by atoms with E-state index in [1.54, 1.807) is 0 Å². The Morgan fingerprint density at radius 1 is 0.952 bits per heavy atom. The normalized spacial score (nSPS) is 11.0. The lowest BCUT2D eigenvalue weighted by atomic mass is 10.2. The fraction of sp³-hybridized carbons (Fsp3) is 0. The molecule has 7 nitrogen and oxygen atoms in total. The molecular weight excluding hydrogens is 292 g/mol. The van der Waals surface area contributed by atoms with Crippen LogP contribution >= 0.6 is 0 Å². The highest BCUT2D eigenvalue weighted by Gasteiger charge is 2.15. The summed E-state index contributed by atoms with van der Waals surface area (Å²) in [6.45, 7) is 0. The standard InChI is InChI=1S/C13H14N4O3S/c14-9-5-10(15)7-12(6-9)21(19,20)17-11-3-1-8(2-4-11)13(16)18/h1-7,17H,14-15H2,(H2,16,18). The molecule has 0 aliphatic rings. The molecule has 8 heteroatoms. The van der Waals surface area contributed by atoms with Crippen LogP contribution in [0.5, 0.6) is 0 Å². The van der Waals surface area contributed by atoms with Gasteiger partial charge in [-0.25, -0.2) is 8.42 Å². The SMILES string of the molecule is NC(=O)c1ccc(NS(=O)(=O)c2cc(N)cc(N)c2)cc1. The van der Waals surface area contributed by atoms with Crippen molar-refractivity contribution in [3.05, 3.63) is 48.0 Å². The van der Waals surface area contributed by atoms with Gasteiger partial charge >= 0.3 is 0 Å². The van der Waals surface area contributed by atoms with Gasteiger partial charge in [-0.15, -0.1) is 0 Å². The second-order valence-electron chi connectivity index (χ2n) is 4.38. The number of hydrogen-bond acceptors (Lipinski definition) is 5. The number of amides is 1. The van der Waals surface area contributed by atoms with E-state index < -0.39 is 15.9 Å². The van der Waals surface area contributed by atoms with E-state index in [-0.39, 0.29) is 21.8 Å². The first-order chi connectivity index (χ1) is 9.78. The molecule has 7 N–H and O–H groups in total. The Bertz CT molecular complexity index is 765. The van der Waals surface area contributed by atoms with Crippen LogP contribution in [-0.4, -0.2) is 14.3 Å². The largest absolute Gasteiger partial charge is 0.399 e. The first-order valence-electron chi connectivity index (χ1n) is 5.87. The van der Waals surface area contributed by atoms with Gasteiger partial charge in [-0.05, 0) is 42.5 Å². The number of carbonyl (C=O) groups excluding carboxylic acids is 1. The smallest absolute Gasteiger partial charge is 0.262 e. The molecule has 1 amide bonds. The van der Waals surface area contributed by atoms with Gasteiger partial charge in [0, 0.05) is 22.6 Å². The molecule has 0 aromatic heterocycles. The number of carbonyl (C=O) groups is 1. The number of sulfonamides is 1. The molecule has 0 heterocycles. The van der Waals surface area contributed by atoms with Crippen molar-refractivity contribution < 1.29 is 13.2 Å². The number of benzene rings is 2. The summed E-state index contributed by atoms with van der Waals surface area (Å²) in [6, 6.07) is 9.79. The minimum Gasteiger partial charge on any atom is -0.399 e. The van der Waals surface area contributed by atoms with Crippen LogP contribution in [-0.2, 0) is 10.0 Å². The summed E-state index contributed by atoms with van der Waals surface area (Å²) in [7, 11) is -3.82. The van der Waals surface area contributed by atoms with Gasteiger partial charge in [-0.2, -0.15) is 0 Å². The van der Waals surface area contributed by atoms with E-state index in [0.29, 0.717) is 5.69 Å². The van der Waals surface area contributed by atoms with E-state index in [9.17, 15) is 13.2 Å². The summed E-state index contributed by atoms with van der Waals surface area (Å²) in [5.74, 6) is -0.590. The highest BCUT2D eigenvalue weighted by atomic mass is 32.2. The molecule has 2 aromatic carbocycles. The maximum Gasteiger partial charge on any atom is 0.262 e. The van der Waals surface area contributed by atoms with Crippen molar-refractivity contribution in [3.8, 4) is 0 Å². The van der Waals surface area contributed by atoms with Crippen molar-refractivity contribution >= 4 is 33.0 Å². The number of nitrogens with two attached hydrogens (primary N) is 3. The first kappa shape index (κ1) is 14.7. The molecule has 2 rings (SSSR count). The van der Waals surface area contributed by atoms with Crippen molar-refractivity contribution in [1.29, 1.82) is 0 Å². The molecule has 0 aliphatic carbocycles. The molecule has 0 fully saturated rings. The molecule has 0 atom stereocenters. The molecule has 0 bridgehead atoms. The van der Waals surface area contributed by atoms with Gasteiger partial charge in [-0.1, -0.05) is 0 Å². The Morgan fingerprint density at radius 2 is 1.48 bits per heavy atom. The van der Waals surface area contributed by atoms with E-state index >= 15 is 0 Å². The number of nitrogen functional groups attached to an aromatic ring is 2. The minimum atomic E-state index is -3.82. The Labute approximate surface area is 121 Å². The third-order valence-electron chi connectivity index (χ3n) is 2.68. The van der Waals surface area contributed by atoms with E-state index in [2.05, 4.69) is 4.72 Å². The Balaban J connectivity index is 2.30. The summed E-state index contributed by atoms with van der Waals surface area (Å²) >= 11 is 0. The monoisotopic (exact) mass is 306 g/mol. The maximum atomic E-state index is 12.2. The highest BCUT2D eigenvalue weighted by Crippen LogP contribution is 2.21. The summed E-state index contributed by atoms with van der Waals surface area (Å²) in [5, 5.41) is 0. The van der Waals surface area contributed by atoms with Crippen molar-refractivity contribution in [2.75, 3.05) is 16.2 Å². The molecule has 2 aromatic rings. The number of hydrogen-bond donors (Lipinski definition) is 4. The van der Waals surface area contributed by atoms with E-state index in [1.807, 2.05) is 0 Å². The fourth-order valence-corrected chi connectivity index (χ4v) is 2.86. The minimum absolute atomic E-state index is 0.0426. The fourth-order valence-electron chi connectivity index (χ4n) is 1.72. The predicted molar refractivity (Wildman–Crippen MR) is 81.0 cm³/mol. The van der Waals surface area contributed by atoms with Gasteiger partial charge < -0.3 is 17.2 Å². The Hall–Kier alpha value is -2.74. The van der Waals surface area contributed by atoms with Crippen LogP contribution in [0.25, 0.3) is 0 Å².